The van der Waals surface area contributed by atoms with E-state index in [4.69, 9.17) is 13.9 Å². The van der Waals surface area contributed by atoms with E-state index in [0.29, 0.717) is 48.8 Å². The summed E-state index contributed by atoms with van der Waals surface area (Å²) in [5.74, 6) is 0.382. The van der Waals surface area contributed by atoms with Gasteiger partial charge in [-0.3, -0.25) is 14.4 Å². The third-order valence-electron chi connectivity index (χ3n) is 5.71. The van der Waals surface area contributed by atoms with Gasteiger partial charge in [-0.05, 0) is 43.0 Å². The zero-order valence-corrected chi connectivity index (χ0v) is 19.4. The molecule has 178 valence electrons. The Morgan fingerprint density at radius 2 is 1.70 bits per heavy atom. The van der Waals surface area contributed by atoms with Crippen LogP contribution in [-0.2, 0) is 4.79 Å². The molecule has 1 unspecified atom stereocenters. The first-order valence-electron chi connectivity index (χ1n) is 11.0. The first-order valence-corrected chi connectivity index (χ1v) is 11.0. The molecule has 0 radical (unpaired) electrons. The summed E-state index contributed by atoms with van der Waals surface area (Å²) in [5, 5.41) is 5.86. The molecule has 1 atom stereocenters. The maximum Gasteiger partial charge on any atom is 0.289 e. The molecular weight excluding hydrogens is 426 g/mol. The normalized spacial score (nSPS) is 15.1. The number of carbonyl (C=O) groups is 3. The Morgan fingerprint density at radius 3 is 2.21 bits per heavy atom. The van der Waals surface area contributed by atoms with E-state index >= 15 is 0 Å². The van der Waals surface area contributed by atoms with Crippen LogP contribution in [0.2, 0.25) is 0 Å². The minimum Gasteiger partial charge on any atom is -0.497 e. The third kappa shape index (κ3) is 6.06. The van der Waals surface area contributed by atoms with Gasteiger partial charge in [0.1, 0.15) is 17.5 Å². The van der Waals surface area contributed by atoms with Gasteiger partial charge in [0.25, 0.3) is 11.8 Å². The van der Waals surface area contributed by atoms with Crippen LogP contribution in [0.1, 0.15) is 47.6 Å². The Kier molecular flexibility index (Phi) is 7.97. The number of hydrogen-bond donors (Lipinski definition) is 2. The smallest absolute Gasteiger partial charge is 0.289 e. The van der Waals surface area contributed by atoms with E-state index in [1.165, 1.54) is 20.5 Å². The van der Waals surface area contributed by atoms with Crippen molar-refractivity contribution >= 4 is 17.7 Å². The summed E-state index contributed by atoms with van der Waals surface area (Å²) >= 11 is 0. The summed E-state index contributed by atoms with van der Waals surface area (Å²) < 4.78 is 15.6. The van der Waals surface area contributed by atoms with Crippen LogP contribution in [0, 0.1) is 5.92 Å². The number of carbonyl (C=O) groups excluding carboxylic acids is 3. The molecule has 3 rings (SSSR count). The molecule has 0 aliphatic carbocycles. The average molecular weight is 458 g/mol. The number of nitrogens with zero attached hydrogens (tertiary/aromatic N) is 1. The molecule has 1 aliphatic heterocycles. The highest BCUT2D eigenvalue weighted by Gasteiger charge is 2.30. The van der Waals surface area contributed by atoms with Gasteiger partial charge in [0.15, 0.2) is 5.76 Å². The van der Waals surface area contributed by atoms with Gasteiger partial charge in [-0.2, -0.15) is 0 Å². The van der Waals surface area contributed by atoms with Crippen LogP contribution in [0.4, 0.5) is 0 Å². The monoisotopic (exact) mass is 457 g/mol. The van der Waals surface area contributed by atoms with Gasteiger partial charge in [-0.1, -0.05) is 13.8 Å². The lowest BCUT2D eigenvalue weighted by Gasteiger charge is -2.33. The van der Waals surface area contributed by atoms with Crippen LogP contribution >= 0.6 is 0 Å². The second-order valence-electron chi connectivity index (χ2n) is 8.35. The Labute approximate surface area is 193 Å². The number of ether oxygens (including phenoxy) is 2. The molecule has 2 heterocycles. The van der Waals surface area contributed by atoms with Crippen molar-refractivity contribution in [2.45, 2.75) is 38.8 Å². The number of nitrogens with one attached hydrogen (secondary N) is 2. The Balaban J connectivity index is 1.58. The second-order valence-corrected chi connectivity index (χ2v) is 8.35. The van der Waals surface area contributed by atoms with E-state index in [-0.39, 0.29) is 29.7 Å². The molecule has 0 spiro atoms. The Bertz CT molecular complexity index is 942. The van der Waals surface area contributed by atoms with Crippen molar-refractivity contribution < 1.29 is 28.3 Å². The van der Waals surface area contributed by atoms with E-state index < -0.39 is 6.04 Å². The van der Waals surface area contributed by atoms with Crippen LogP contribution in [0.15, 0.2) is 41.0 Å². The lowest BCUT2D eigenvalue weighted by molar-refractivity contribution is -0.124. The lowest BCUT2D eigenvalue weighted by atomic mass is 10.00. The van der Waals surface area contributed by atoms with Crippen LogP contribution in [0.5, 0.6) is 11.5 Å². The largest absolute Gasteiger partial charge is 0.497 e. The molecule has 9 heteroatoms. The summed E-state index contributed by atoms with van der Waals surface area (Å²) in [5.41, 5.74) is 0.342. The molecule has 9 nitrogen and oxygen atoms in total. The number of piperidine rings is 1. The number of amides is 3. The highest BCUT2D eigenvalue weighted by atomic mass is 16.5. The van der Waals surface area contributed by atoms with Crippen molar-refractivity contribution in [1.82, 2.24) is 15.5 Å². The van der Waals surface area contributed by atoms with Gasteiger partial charge >= 0.3 is 0 Å². The number of furan rings is 1. The van der Waals surface area contributed by atoms with Crippen LogP contribution in [0.3, 0.4) is 0 Å². The highest BCUT2D eigenvalue weighted by molar-refractivity contribution is 5.98. The van der Waals surface area contributed by atoms with E-state index in [1.54, 1.807) is 35.2 Å². The zero-order chi connectivity index (χ0) is 24.0. The Hall–Kier alpha value is -3.49. The molecule has 1 fully saturated rings. The molecule has 33 heavy (non-hydrogen) atoms. The lowest BCUT2D eigenvalue weighted by Crippen LogP contribution is -2.54. The molecular formula is C24H31N3O6. The van der Waals surface area contributed by atoms with Crippen molar-refractivity contribution in [2.24, 2.45) is 5.92 Å². The summed E-state index contributed by atoms with van der Waals surface area (Å²) in [6.45, 7) is 4.79. The van der Waals surface area contributed by atoms with Gasteiger partial charge < -0.3 is 29.4 Å². The van der Waals surface area contributed by atoms with Crippen molar-refractivity contribution in [3.8, 4) is 11.5 Å². The van der Waals surface area contributed by atoms with E-state index in [0.717, 1.165) is 0 Å². The molecule has 3 amide bonds. The number of benzene rings is 1. The topological polar surface area (TPSA) is 110 Å². The fraction of sp³-hybridized carbons (Fsp3) is 0.458. The minimum atomic E-state index is -0.711. The Morgan fingerprint density at radius 1 is 1.06 bits per heavy atom. The summed E-state index contributed by atoms with van der Waals surface area (Å²) in [4.78, 5) is 40.0. The van der Waals surface area contributed by atoms with Gasteiger partial charge in [-0.15, -0.1) is 0 Å². The second kappa shape index (κ2) is 10.9. The van der Waals surface area contributed by atoms with Crippen molar-refractivity contribution in [3.63, 3.8) is 0 Å². The first-order chi connectivity index (χ1) is 15.8. The molecule has 2 aromatic rings. The maximum atomic E-state index is 13.0. The standard InChI is InChI=1S/C24H31N3O6/c1-15(2)21(26-22(28)16-12-18(31-3)14-19(13-16)32-4)23(29)25-17-7-9-27(10-8-17)24(30)20-6-5-11-33-20/h5-6,11-15,17,21H,7-10H2,1-4H3,(H,25,29)(H,26,28). The molecule has 1 saturated heterocycles. The number of hydrogen-bond acceptors (Lipinski definition) is 6. The van der Waals surface area contributed by atoms with Crippen LogP contribution < -0.4 is 20.1 Å². The zero-order valence-electron chi connectivity index (χ0n) is 19.4. The third-order valence-corrected chi connectivity index (χ3v) is 5.71. The molecule has 2 N–H and O–H groups in total. The predicted molar refractivity (Wildman–Crippen MR) is 121 cm³/mol. The maximum absolute atomic E-state index is 13.0. The van der Waals surface area contributed by atoms with Crippen LogP contribution in [0.25, 0.3) is 0 Å². The van der Waals surface area contributed by atoms with Crippen molar-refractivity contribution in [3.05, 3.63) is 47.9 Å². The molecule has 0 saturated carbocycles. The van der Waals surface area contributed by atoms with Crippen molar-refractivity contribution in [1.29, 1.82) is 0 Å². The molecule has 1 aromatic carbocycles. The van der Waals surface area contributed by atoms with E-state index in [9.17, 15) is 14.4 Å². The summed E-state index contributed by atoms with van der Waals surface area (Å²) in [6.07, 6.45) is 2.73. The van der Waals surface area contributed by atoms with Gasteiger partial charge in [0, 0.05) is 30.8 Å². The predicted octanol–water partition coefficient (Wildman–Crippen LogP) is 2.47. The fourth-order valence-corrected chi connectivity index (χ4v) is 3.77. The highest BCUT2D eigenvalue weighted by Crippen LogP contribution is 2.23. The van der Waals surface area contributed by atoms with Crippen LogP contribution in [-0.4, -0.2) is 62.0 Å². The SMILES string of the molecule is COc1cc(OC)cc(C(=O)NC(C(=O)NC2CCN(C(=O)c3ccco3)CC2)C(C)C)c1. The molecule has 0 bridgehead atoms. The molecule has 1 aliphatic rings. The van der Waals surface area contributed by atoms with E-state index in [2.05, 4.69) is 10.6 Å². The van der Waals surface area contributed by atoms with Gasteiger partial charge in [-0.25, -0.2) is 0 Å². The summed E-state index contributed by atoms with van der Waals surface area (Å²) in [6, 6.07) is 7.40. The van der Waals surface area contributed by atoms with E-state index in [1.807, 2.05) is 13.8 Å². The van der Waals surface area contributed by atoms with Gasteiger partial charge in [0.2, 0.25) is 5.91 Å². The van der Waals surface area contributed by atoms with Crippen molar-refractivity contribution in [2.75, 3.05) is 27.3 Å². The number of rotatable bonds is 8. The fourth-order valence-electron chi connectivity index (χ4n) is 3.77. The summed E-state index contributed by atoms with van der Waals surface area (Å²) in [7, 11) is 3.02. The molecule has 1 aromatic heterocycles. The first kappa shape index (κ1) is 24.2. The van der Waals surface area contributed by atoms with Gasteiger partial charge in [0.05, 0.1) is 20.5 Å². The number of likely N-dealkylation sites (tertiary alicyclic amines) is 1. The average Bonchev–Trinajstić information content (AvgIpc) is 3.36. The number of methoxy groups -OCH3 is 2. The minimum absolute atomic E-state index is 0.0757. The quantitative estimate of drug-likeness (QED) is 0.630.